The highest BCUT2D eigenvalue weighted by Gasteiger charge is 2.54. The lowest BCUT2D eigenvalue weighted by atomic mass is 9.96. The van der Waals surface area contributed by atoms with Crippen LogP contribution in [0.3, 0.4) is 0 Å². The van der Waals surface area contributed by atoms with Gasteiger partial charge in [0.15, 0.2) is 18.9 Å². The maximum atomic E-state index is 13.5. The average molecular weight is 1540 g/mol. The van der Waals surface area contributed by atoms with E-state index in [2.05, 4.69) is 43.5 Å². The van der Waals surface area contributed by atoms with Gasteiger partial charge in [-0.15, -0.1) is 0 Å². The van der Waals surface area contributed by atoms with Crippen molar-refractivity contribution >= 4 is 5.91 Å². The number of aliphatic hydroxyl groups excluding tert-OH is 11. The number of ether oxygens (including phenoxy) is 6. The fourth-order valence-corrected chi connectivity index (χ4v) is 15.5. The van der Waals surface area contributed by atoms with Crippen molar-refractivity contribution < 1.29 is 89.4 Å². The number of carbonyl (C=O) groups excluding carboxylic acids is 1. The van der Waals surface area contributed by atoms with Gasteiger partial charge in [-0.3, -0.25) is 4.79 Å². The minimum absolute atomic E-state index is 0.247. The van der Waals surface area contributed by atoms with Gasteiger partial charge in [-0.1, -0.05) is 371 Å². The molecule has 108 heavy (non-hydrogen) atoms. The van der Waals surface area contributed by atoms with E-state index in [1.54, 1.807) is 6.08 Å². The van der Waals surface area contributed by atoms with Gasteiger partial charge in [-0.2, -0.15) is 0 Å². The summed E-state index contributed by atoms with van der Waals surface area (Å²) < 4.78 is 34.5. The van der Waals surface area contributed by atoms with Crippen LogP contribution in [0.15, 0.2) is 36.5 Å². The molecule has 12 N–H and O–H groups in total. The van der Waals surface area contributed by atoms with E-state index in [0.717, 1.165) is 51.4 Å². The van der Waals surface area contributed by atoms with Crippen molar-refractivity contribution in [3.63, 3.8) is 0 Å². The first-order chi connectivity index (χ1) is 52.8. The molecule has 3 aliphatic rings. The highest BCUT2D eigenvalue weighted by atomic mass is 16.8. The molecular formula is C89H167NO18. The van der Waals surface area contributed by atoms with Gasteiger partial charge < -0.3 is 89.9 Å². The molecule has 0 aromatic heterocycles. The summed E-state index contributed by atoms with van der Waals surface area (Å²) in [6.45, 7) is 1.80. The van der Waals surface area contributed by atoms with Crippen LogP contribution < -0.4 is 5.32 Å². The van der Waals surface area contributed by atoms with Crippen LogP contribution in [0.1, 0.15) is 393 Å². The molecule has 19 nitrogen and oxygen atoms in total. The molecule has 3 heterocycles. The Morgan fingerprint density at radius 3 is 0.944 bits per heavy atom. The van der Waals surface area contributed by atoms with E-state index in [0.29, 0.717) is 6.42 Å². The summed E-state index contributed by atoms with van der Waals surface area (Å²) in [6.07, 6.45) is 61.5. The molecule has 0 aliphatic carbocycles. The van der Waals surface area contributed by atoms with E-state index in [1.807, 2.05) is 6.08 Å². The minimum Gasteiger partial charge on any atom is -0.394 e. The smallest absolute Gasteiger partial charge is 0.220 e. The van der Waals surface area contributed by atoms with E-state index in [9.17, 15) is 61.0 Å². The number of hydrogen-bond donors (Lipinski definition) is 12. The topological polar surface area (TPSA) is 307 Å². The van der Waals surface area contributed by atoms with Crippen LogP contribution in [0.4, 0.5) is 0 Å². The van der Waals surface area contributed by atoms with Crippen LogP contribution in [0, 0.1) is 0 Å². The molecule has 3 saturated heterocycles. The number of carbonyl (C=O) groups is 1. The third kappa shape index (κ3) is 47.8. The third-order valence-electron chi connectivity index (χ3n) is 22.7. The van der Waals surface area contributed by atoms with Crippen molar-refractivity contribution in [1.82, 2.24) is 5.32 Å². The molecule has 0 saturated carbocycles. The van der Waals surface area contributed by atoms with Crippen LogP contribution >= 0.6 is 0 Å². The Kier molecular flexibility index (Phi) is 64.3. The fourth-order valence-electron chi connectivity index (χ4n) is 15.5. The zero-order chi connectivity index (χ0) is 78.1. The van der Waals surface area contributed by atoms with E-state index < -0.39 is 124 Å². The third-order valence-corrected chi connectivity index (χ3v) is 22.7. The average Bonchev–Trinajstić information content (AvgIpc) is 0.779. The number of allylic oxidation sites excluding steroid dienone is 5. The van der Waals surface area contributed by atoms with Gasteiger partial charge in [-0.05, 0) is 51.4 Å². The highest BCUT2D eigenvalue weighted by molar-refractivity contribution is 5.76. The lowest BCUT2D eigenvalue weighted by Crippen LogP contribution is -2.66. The number of nitrogens with one attached hydrogen (secondary N) is 1. The molecule has 636 valence electrons. The molecule has 19 heteroatoms. The minimum atomic E-state index is -1.98. The van der Waals surface area contributed by atoms with Gasteiger partial charge in [-0.25, -0.2) is 0 Å². The van der Waals surface area contributed by atoms with Crippen molar-refractivity contribution in [2.24, 2.45) is 0 Å². The van der Waals surface area contributed by atoms with Crippen LogP contribution in [-0.4, -0.2) is 193 Å². The van der Waals surface area contributed by atoms with Crippen molar-refractivity contribution in [3.8, 4) is 0 Å². The van der Waals surface area contributed by atoms with E-state index in [1.165, 1.54) is 315 Å². The van der Waals surface area contributed by atoms with Gasteiger partial charge in [0, 0.05) is 6.42 Å². The number of unbranched alkanes of at least 4 members (excludes halogenated alkanes) is 54. The number of amides is 1. The van der Waals surface area contributed by atoms with E-state index in [-0.39, 0.29) is 18.9 Å². The first-order valence-corrected chi connectivity index (χ1v) is 45.2. The van der Waals surface area contributed by atoms with Crippen LogP contribution in [-0.2, 0) is 33.2 Å². The summed E-state index contributed by atoms with van der Waals surface area (Å²) in [5.41, 5.74) is 0. The molecule has 3 aliphatic heterocycles. The van der Waals surface area contributed by atoms with E-state index >= 15 is 0 Å². The van der Waals surface area contributed by atoms with Crippen LogP contribution in [0.25, 0.3) is 0 Å². The van der Waals surface area contributed by atoms with Gasteiger partial charge in [0.25, 0.3) is 0 Å². The quantitative estimate of drug-likeness (QED) is 0.0199. The number of hydrogen-bond acceptors (Lipinski definition) is 18. The maximum Gasteiger partial charge on any atom is 0.220 e. The second kappa shape index (κ2) is 69.3. The van der Waals surface area contributed by atoms with Crippen LogP contribution in [0.2, 0.25) is 0 Å². The standard InChI is InChI=1S/C89H167NO18/c1-3-5-7-9-11-13-15-17-19-21-23-25-27-29-31-33-35-37-38-40-42-44-46-48-50-52-54-56-58-60-62-64-66-73(94)72(90-77(95)67-65-63-61-59-57-55-53-51-49-47-45-43-41-39-36-34-32-30-28-26-24-22-20-18-16-14-12-10-8-6-4-2)71-103-87-83(101)80(98)85(75(69-92)105-87)108-89-84(102)81(99)86(76(70-93)106-89)107-88-82(100)79(97)78(96)74(68-91)104-88/h16,18,22,24,64,66,72-76,78-89,91-94,96-102H,3-15,17,19-21,23,25-63,65,67-71H2,1-2H3,(H,90,95)/b18-16-,24-22-,66-64+. The van der Waals surface area contributed by atoms with Gasteiger partial charge in [0.1, 0.15) is 73.2 Å². The molecule has 0 aromatic carbocycles. The van der Waals surface area contributed by atoms with Crippen molar-refractivity contribution in [3.05, 3.63) is 36.5 Å². The Labute approximate surface area is 657 Å². The largest absolute Gasteiger partial charge is 0.394 e. The summed E-state index contributed by atoms with van der Waals surface area (Å²) in [6, 6.07) is -0.974. The molecule has 3 fully saturated rings. The SMILES string of the molecule is CCCCCCC/C=C\C/C=C\CCCCCCCCCCCCCCCCCCCCCC(=O)NC(COC1OC(CO)C(OC2OC(CO)C(OC3OC(CO)C(O)C(O)C3O)C(O)C2O)C(O)C1O)C(O)/C=C/CCCCCCCCCCCCCCCCCCCCCCCCCCCCCCCC. The molecule has 0 bridgehead atoms. The second-order valence-corrected chi connectivity index (χ2v) is 32.4. The molecule has 3 rings (SSSR count). The Bertz CT molecular complexity index is 2090. The van der Waals surface area contributed by atoms with E-state index in [4.69, 9.17) is 28.4 Å². The fraction of sp³-hybridized carbons (Fsp3) is 0.921. The monoisotopic (exact) mass is 1540 g/mol. The molecule has 17 unspecified atom stereocenters. The maximum absolute atomic E-state index is 13.5. The Morgan fingerprint density at radius 2 is 0.611 bits per heavy atom. The predicted molar refractivity (Wildman–Crippen MR) is 434 cm³/mol. The Balaban J connectivity index is 1.33. The second-order valence-electron chi connectivity index (χ2n) is 32.4. The first-order valence-electron chi connectivity index (χ1n) is 45.2. The zero-order valence-corrected chi connectivity index (χ0v) is 68.6. The normalized spacial score (nSPS) is 25.5. The van der Waals surface area contributed by atoms with Crippen molar-refractivity contribution in [2.75, 3.05) is 26.4 Å². The molecule has 17 atom stereocenters. The van der Waals surface area contributed by atoms with Crippen molar-refractivity contribution in [2.45, 2.75) is 497 Å². The van der Waals surface area contributed by atoms with Gasteiger partial charge in [0.2, 0.25) is 5.91 Å². The Hall–Kier alpha value is -1.99. The lowest BCUT2D eigenvalue weighted by Gasteiger charge is -2.48. The predicted octanol–water partition coefficient (Wildman–Crippen LogP) is 17.0. The summed E-state index contributed by atoms with van der Waals surface area (Å²) in [5, 5.41) is 121. The molecule has 0 spiro atoms. The highest BCUT2D eigenvalue weighted by Crippen LogP contribution is 2.34. The molecular weight excluding hydrogens is 1370 g/mol. The molecule has 0 radical (unpaired) electrons. The first kappa shape index (κ1) is 100. The number of aliphatic hydroxyl groups is 11. The summed E-state index contributed by atoms with van der Waals surface area (Å²) in [4.78, 5) is 13.5. The molecule has 1 amide bonds. The lowest BCUT2D eigenvalue weighted by molar-refractivity contribution is -0.379. The van der Waals surface area contributed by atoms with Gasteiger partial charge in [0.05, 0.1) is 38.6 Å². The summed E-state index contributed by atoms with van der Waals surface area (Å²) >= 11 is 0. The Morgan fingerprint density at radius 1 is 0.333 bits per heavy atom. The van der Waals surface area contributed by atoms with Crippen LogP contribution in [0.5, 0.6) is 0 Å². The summed E-state index contributed by atoms with van der Waals surface area (Å²) in [5.74, 6) is -0.268. The zero-order valence-electron chi connectivity index (χ0n) is 68.6. The van der Waals surface area contributed by atoms with Crippen molar-refractivity contribution in [1.29, 1.82) is 0 Å². The summed E-state index contributed by atoms with van der Waals surface area (Å²) in [7, 11) is 0. The molecule has 0 aromatic rings. The van der Waals surface area contributed by atoms with Gasteiger partial charge >= 0.3 is 0 Å². The number of rotatable bonds is 74.